The van der Waals surface area contributed by atoms with E-state index in [1.54, 1.807) is 11.8 Å². The van der Waals surface area contributed by atoms with Crippen LogP contribution in [0.2, 0.25) is 0 Å². The first-order valence-electron chi connectivity index (χ1n) is 5.83. The molecule has 0 aliphatic rings. The van der Waals surface area contributed by atoms with Crippen LogP contribution in [0.1, 0.15) is 5.56 Å². The maximum atomic E-state index is 10.7. The van der Waals surface area contributed by atoms with Gasteiger partial charge >= 0.3 is 0 Å². The highest BCUT2D eigenvalue weighted by Gasteiger charge is 2.05. The van der Waals surface area contributed by atoms with Crippen LogP contribution in [0.4, 0.5) is 0 Å². The van der Waals surface area contributed by atoms with Gasteiger partial charge in [-0.1, -0.05) is 77.3 Å². The highest BCUT2D eigenvalue weighted by Crippen LogP contribution is 2.28. The summed E-state index contributed by atoms with van der Waals surface area (Å²) < 4.78 is 1.67. The lowest BCUT2D eigenvalue weighted by Crippen LogP contribution is -2.12. The Morgan fingerprint density at radius 2 is 1.90 bits per heavy atom. The predicted octanol–water partition coefficient (Wildman–Crippen LogP) is 2.92. The number of primary amides is 1. The minimum Gasteiger partial charge on any atom is -0.369 e. The minimum atomic E-state index is -0.342. The van der Waals surface area contributed by atoms with Crippen LogP contribution in [0.15, 0.2) is 45.1 Å². The molecule has 2 rings (SSSR count). The van der Waals surface area contributed by atoms with E-state index in [1.165, 1.54) is 28.7 Å². The minimum absolute atomic E-state index is 0.243. The zero-order valence-electron chi connectivity index (χ0n) is 10.6. The Hall–Kier alpha value is -1.31. The predicted molar refractivity (Wildman–Crippen MR) is 86.0 cm³/mol. The van der Waals surface area contributed by atoms with E-state index in [0.29, 0.717) is 0 Å². The number of aromatic nitrogens is 2. The van der Waals surface area contributed by atoms with Gasteiger partial charge in [0.1, 0.15) is 0 Å². The van der Waals surface area contributed by atoms with Gasteiger partial charge in [-0.2, -0.15) is 0 Å². The lowest BCUT2D eigenvalue weighted by molar-refractivity contribution is -0.115. The molecule has 0 spiro atoms. The fraction of sp³-hybridized carbons (Fsp3) is 0.154. The van der Waals surface area contributed by atoms with Gasteiger partial charge in [0.2, 0.25) is 5.91 Å². The van der Waals surface area contributed by atoms with Crippen LogP contribution in [0.25, 0.3) is 6.08 Å². The van der Waals surface area contributed by atoms with Crippen LogP contribution < -0.4 is 5.73 Å². The van der Waals surface area contributed by atoms with Crippen molar-refractivity contribution in [3.8, 4) is 0 Å². The number of hydrogen-bond acceptors (Lipinski definition) is 6. The van der Waals surface area contributed by atoms with Gasteiger partial charge in [0, 0.05) is 5.75 Å². The molecule has 20 heavy (non-hydrogen) atoms. The molecule has 1 aromatic carbocycles. The molecule has 0 unspecified atom stereocenters. The highest BCUT2D eigenvalue weighted by molar-refractivity contribution is 8.03. The molecule has 0 aliphatic heterocycles. The van der Waals surface area contributed by atoms with Gasteiger partial charge in [-0.05, 0) is 5.56 Å². The molecule has 1 heterocycles. The fourth-order valence-electron chi connectivity index (χ4n) is 1.31. The number of carbonyl (C=O) groups excluding carboxylic acids is 1. The Balaban J connectivity index is 1.77. The second-order valence-corrected chi connectivity index (χ2v) is 7.18. The van der Waals surface area contributed by atoms with Crippen molar-refractivity contribution in [2.75, 3.05) is 11.5 Å². The average Bonchev–Trinajstić information content (AvgIpc) is 2.90. The van der Waals surface area contributed by atoms with E-state index in [4.69, 9.17) is 5.73 Å². The number of amides is 1. The third-order valence-electron chi connectivity index (χ3n) is 2.14. The summed E-state index contributed by atoms with van der Waals surface area (Å²) in [5.41, 5.74) is 6.27. The summed E-state index contributed by atoms with van der Waals surface area (Å²) in [6.07, 6.45) is 4.18. The van der Waals surface area contributed by atoms with Crippen LogP contribution in [0.3, 0.4) is 0 Å². The first-order chi connectivity index (χ1) is 9.74. The Morgan fingerprint density at radius 1 is 1.20 bits per heavy atom. The van der Waals surface area contributed by atoms with Crippen molar-refractivity contribution < 1.29 is 4.79 Å². The Labute approximate surface area is 129 Å². The van der Waals surface area contributed by atoms with Crippen molar-refractivity contribution in [2.45, 2.75) is 8.68 Å². The molecule has 104 valence electrons. The normalized spacial score (nSPS) is 11.0. The molecule has 0 fully saturated rings. The Kier molecular flexibility index (Phi) is 6.10. The summed E-state index contributed by atoms with van der Waals surface area (Å²) in [6.45, 7) is 0. The molecule has 0 radical (unpaired) electrons. The zero-order valence-corrected chi connectivity index (χ0v) is 13.0. The first kappa shape index (κ1) is 15.1. The lowest BCUT2D eigenvalue weighted by atomic mass is 10.2. The molecule has 0 bridgehead atoms. The molecule has 0 saturated heterocycles. The van der Waals surface area contributed by atoms with E-state index in [9.17, 15) is 4.79 Å². The standard InChI is InChI=1S/C13H13N3OS3/c14-11(17)9-19-13-16-15-12(20-13)18-8-4-7-10-5-2-1-3-6-10/h1-7H,8-9H2,(H2,14,17)/b7-4+. The summed E-state index contributed by atoms with van der Waals surface area (Å²) in [5.74, 6) is 0.738. The van der Waals surface area contributed by atoms with Gasteiger partial charge in [0.05, 0.1) is 5.75 Å². The van der Waals surface area contributed by atoms with Crippen molar-refractivity contribution in [1.29, 1.82) is 0 Å². The monoisotopic (exact) mass is 323 g/mol. The first-order valence-corrected chi connectivity index (χ1v) is 8.62. The van der Waals surface area contributed by atoms with Crippen LogP contribution in [-0.4, -0.2) is 27.6 Å². The second kappa shape index (κ2) is 8.08. The van der Waals surface area contributed by atoms with Crippen molar-refractivity contribution in [3.05, 3.63) is 42.0 Å². The Morgan fingerprint density at radius 3 is 2.60 bits per heavy atom. The third-order valence-corrected chi connectivity index (χ3v) is 5.30. The molecular weight excluding hydrogens is 310 g/mol. The maximum Gasteiger partial charge on any atom is 0.227 e. The molecule has 1 amide bonds. The van der Waals surface area contributed by atoms with Crippen LogP contribution in [0, 0.1) is 0 Å². The van der Waals surface area contributed by atoms with Crippen molar-refractivity contribution in [3.63, 3.8) is 0 Å². The Bertz CT molecular complexity index is 584. The van der Waals surface area contributed by atoms with Gasteiger partial charge in [-0.25, -0.2) is 0 Å². The summed E-state index contributed by atoms with van der Waals surface area (Å²) in [5, 5.41) is 8.07. The largest absolute Gasteiger partial charge is 0.369 e. The molecular formula is C13H13N3OS3. The summed E-state index contributed by atoms with van der Waals surface area (Å²) in [7, 11) is 0. The molecule has 0 saturated carbocycles. The number of thioether (sulfide) groups is 2. The number of nitrogens with zero attached hydrogens (tertiary/aromatic N) is 2. The SMILES string of the molecule is NC(=O)CSc1nnc(SC/C=C/c2ccccc2)s1. The van der Waals surface area contributed by atoms with Gasteiger partial charge < -0.3 is 5.73 Å². The van der Waals surface area contributed by atoms with E-state index in [1.807, 2.05) is 18.2 Å². The molecule has 7 heteroatoms. The molecule has 0 aliphatic carbocycles. The molecule has 1 aromatic heterocycles. The maximum absolute atomic E-state index is 10.7. The molecule has 2 aromatic rings. The fourth-order valence-corrected chi connectivity index (χ4v) is 3.91. The number of hydrogen-bond donors (Lipinski definition) is 1. The quantitative estimate of drug-likeness (QED) is 0.793. The topological polar surface area (TPSA) is 68.9 Å². The van der Waals surface area contributed by atoms with E-state index >= 15 is 0 Å². The van der Waals surface area contributed by atoms with E-state index in [-0.39, 0.29) is 11.7 Å². The zero-order chi connectivity index (χ0) is 14.2. The summed E-state index contributed by atoms with van der Waals surface area (Å²) >= 11 is 4.43. The van der Waals surface area contributed by atoms with Crippen molar-refractivity contribution >= 4 is 46.8 Å². The second-order valence-electron chi connectivity index (χ2n) is 3.71. The third kappa shape index (κ3) is 5.36. The number of benzene rings is 1. The molecule has 2 N–H and O–H groups in total. The highest BCUT2D eigenvalue weighted by atomic mass is 32.2. The van der Waals surface area contributed by atoms with E-state index in [2.05, 4.69) is 34.5 Å². The van der Waals surface area contributed by atoms with Crippen molar-refractivity contribution in [1.82, 2.24) is 10.2 Å². The van der Waals surface area contributed by atoms with Gasteiger partial charge in [0.15, 0.2) is 8.68 Å². The number of rotatable bonds is 7. The molecule has 4 nitrogen and oxygen atoms in total. The summed E-state index contributed by atoms with van der Waals surface area (Å²) in [6, 6.07) is 10.1. The van der Waals surface area contributed by atoms with Crippen LogP contribution in [-0.2, 0) is 4.79 Å². The summed E-state index contributed by atoms with van der Waals surface area (Å²) in [4.78, 5) is 10.7. The van der Waals surface area contributed by atoms with Crippen LogP contribution in [0.5, 0.6) is 0 Å². The number of carbonyl (C=O) groups is 1. The smallest absolute Gasteiger partial charge is 0.227 e. The van der Waals surface area contributed by atoms with Crippen LogP contribution >= 0.6 is 34.9 Å². The van der Waals surface area contributed by atoms with Crippen molar-refractivity contribution in [2.24, 2.45) is 5.73 Å². The molecule has 0 atom stereocenters. The lowest BCUT2D eigenvalue weighted by Gasteiger charge is -1.92. The van der Waals surface area contributed by atoms with E-state index < -0.39 is 0 Å². The number of nitrogens with two attached hydrogens (primary N) is 1. The average molecular weight is 323 g/mol. The van der Waals surface area contributed by atoms with Gasteiger partial charge in [-0.15, -0.1) is 10.2 Å². The van der Waals surface area contributed by atoms with Gasteiger partial charge in [0.25, 0.3) is 0 Å². The van der Waals surface area contributed by atoms with Gasteiger partial charge in [-0.3, -0.25) is 4.79 Å². The van der Waals surface area contributed by atoms with E-state index in [0.717, 1.165) is 14.4 Å².